The van der Waals surface area contributed by atoms with Gasteiger partial charge < -0.3 is 21.3 Å². The minimum atomic E-state index is -0.653. The number of hydrogen-bond donors (Lipinski definition) is 3. The van der Waals surface area contributed by atoms with Gasteiger partial charge >= 0.3 is 5.69 Å². The van der Waals surface area contributed by atoms with Crippen LogP contribution in [-0.4, -0.2) is 33.4 Å². The van der Waals surface area contributed by atoms with Gasteiger partial charge in [0.25, 0.3) is 0 Å². The smallest absolute Gasteiger partial charge is 0.351 e. The average Bonchev–Trinajstić information content (AvgIpc) is 2.59. The van der Waals surface area contributed by atoms with Gasteiger partial charge in [-0.15, -0.1) is 0 Å². The highest BCUT2D eigenvalue weighted by atomic mass is 16.5. The van der Waals surface area contributed by atoms with E-state index in [-0.39, 0.29) is 12.4 Å². The first-order valence-electron chi connectivity index (χ1n) is 5.00. The molecule has 88 valence electrons. The Hall–Kier alpha value is -1.44. The van der Waals surface area contributed by atoms with Crippen LogP contribution in [0.5, 0.6) is 0 Å². The molecule has 1 aromatic heterocycles. The van der Waals surface area contributed by atoms with Gasteiger partial charge in [0.1, 0.15) is 12.0 Å². The maximum Gasteiger partial charge on any atom is 0.351 e. The molecule has 3 atom stereocenters. The average molecular weight is 226 g/mol. The second-order valence-electron chi connectivity index (χ2n) is 3.71. The molecule has 1 saturated heterocycles. The highest BCUT2D eigenvalue weighted by Crippen LogP contribution is 2.26. The molecule has 5 N–H and O–H groups in total. The second-order valence-corrected chi connectivity index (χ2v) is 3.71. The first-order valence-corrected chi connectivity index (χ1v) is 5.00. The molecular weight excluding hydrogens is 212 g/mol. The highest BCUT2D eigenvalue weighted by molar-refractivity contribution is 5.23. The Bertz CT molecular complexity index is 433. The molecule has 0 saturated carbocycles. The van der Waals surface area contributed by atoms with Crippen molar-refractivity contribution in [2.24, 2.45) is 5.73 Å². The van der Waals surface area contributed by atoms with Crippen LogP contribution in [0.1, 0.15) is 12.6 Å². The van der Waals surface area contributed by atoms with Crippen molar-refractivity contribution in [3.05, 3.63) is 22.7 Å². The van der Waals surface area contributed by atoms with E-state index in [0.717, 1.165) is 0 Å². The third-order valence-corrected chi connectivity index (χ3v) is 2.60. The molecule has 1 aromatic rings. The Labute approximate surface area is 91.6 Å². The lowest BCUT2D eigenvalue weighted by molar-refractivity contribution is -0.0150. The lowest BCUT2D eigenvalue weighted by Crippen LogP contribution is -2.30. The van der Waals surface area contributed by atoms with Crippen LogP contribution in [0.4, 0.5) is 5.82 Å². The number of aromatic nitrogens is 2. The van der Waals surface area contributed by atoms with Crippen LogP contribution < -0.4 is 17.2 Å². The molecule has 0 aromatic carbocycles. The number of nitrogen functional groups attached to an aromatic ring is 1. The van der Waals surface area contributed by atoms with Gasteiger partial charge in [-0.05, 0) is 6.07 Å². The van der Waals surface area contributed by atoms with E-state index in [1.54, 1.807) is 0 Å². The molecular formula is C9H14N4O3. The van der Waals surface area contributed by atoms with E-state index in [1.807, 2.05) is 0 Å². The maximum atomic E-state index is 11.5. The van der Waals surface area contributed by atoms with Crippen molar-refractivity contribution in [1.29, 1.82) is 0 Å². The van der Waals surface area contributed by atoms with Crippen molar-refractivity contribution in [2.45, 2.75) is 24.9 Å². The van der Waals surface area contributed by atoms with E-state index < -0.39 is 24.1 Å². The van der Waals surface area contributed by atoms with Crippen LogP contribution in [0.15, 0.2) is 17.1 Å². The molecule has 2 heterocycles. The fourth-order valence-corrected chi connectivity index (χ4v) is 1.74. The van der Waals surface area contributed by atoms with Crippen molar-refractivity contribution in [1.82, 2.24) is 9.55 Å². The molecule has 0 bridgehead atoms. The topological polar surface area (TPSA) is 116 Å². The van der Waals surface area contributed by atoms with Crippen molar-refractivity contribution in [3.8, 4) is 0 Å². The Balaban J connectivity index is 2.23. The fourth-order valence-electron chi connectivity index (χ4n) is 1.74. The van der Waals surface area contributed by atoms with Gasteiger partial charge in [0, 0.05) is 19.2 Å². The molecule has 7 nitrogen and oxygen atoms in total. The second kappa shape index (κ2) is 4.20. The van der Waals surface area contributed by atoms with Crippen LogP contribution >= 0.6 is 0 Å². The van der Waals surface area contributed by atoms with Gasteiger partial charge in [-0.2, -0.15) is 4.98 Å². The molecule has 0 spiro atoms. The number of ether oxygens (including phenoxy) is 1. The SMILES string of the molecule is NC[C@H]1O[C@@H](n2ccc(N)nc2=O)CC1O. The molecule has 2 rings (SSSR count). The third kappa shape index (κ3) is 1.92. The van der Waals surface area contributed by atoms with Crippen LogP contribution in [-0.2, 0) is 4.74 Å². The zero-order chi connectivity index (χ0) is 11.7. The Kier molecular flexibility index (Phi) is 2.90. The van der Waals surface area contributed by atoms with Crippen LogP contribution in [0.25, 0.3) is 0 Å². The Morgan fingerprint density at radius 1 is 1.69 bits per heavy atom. The van der Waals surface area contributed by atoms with E-state index in [4.69, 9.17) is 16.2 Å². The number of nitrogens with zero attached hydrogens (tertiary/aromatic N) is 2. The summed E-state index contributed by atoms with van der Waals surface area (Å²) in [5.41, 5.74) is 10.3. The van der Waals surface area contributed by atoms with Gasteiger partial charge in [-0.1, -0.05) is 0 Å². The van der Waals surface area contributed by atoms with Crippen LogP contribution in [0, 0.1) is 0 Å². The summed E-state index contributed by atoms with van der Waals surface area (Å²) < 4.78 is 6.74. The fraction of sp³-hybridized carbons (Fsp3) is 0.556. The van der Waals surface area contributed by atoms with Crippen molar-refractivity contribution in [3.63, 3.8) is 0 Å². The first-order chi connectivity index (χ1) is 7.61. The predicted octanol–water partition coefficient (Wildman–Crippen LogP) is -1.57. The van der Waals surface area contributed by atoms with E-state index >= 15 is 0 Å². The summed E-state index contributed by atoms with van der Waals surface area (Å²) in [4.78, 5) is 15.1. The summed E-state index contributed by atoms with van der Waals surface area (Å²) in [7, 11) is 0. The van der Waals surface area contributed by atoms with Gasteiger partial charge in [0.2, 0.25) is 0 Å². The molecule has 1 aliphatic heterocycles. The predicted molar refractivity (Wildman–Crippen MR) is 56.5 cm³/mol. The lowest BCUT2D eigenvalue weighted by Gasteiger charge is -2.14. The lowest BCUT2D eigenvalue weighted by atomic mass is 10.2. The number of anilines is 1. The third-order valence-electron chi connectivity index (χ3n) is 2.60. The summed E-state index contributed by atoms with van der Waals surface area (Å²) in [6.07, 6.45) is 0.215. The minimum Gasteiger partial charge on any atom is -0.390 e. The number of rotatable bonds is 2. The van der Waals surface area contributed by atoms with E-state index in [9.17, 15) is 9.90 Å². The van der Waals surface area contributed by atoms with Gasteiger partial charge in [0.05, 0.1) is 12.2 Å². The molecule has 0 amide bonds. The molecule has 16 heavy (non-hydrogen) atoms. The number of aliphatic hydroxyl groups is 1. The number of hydrogen-bond acceptors (Lipinski definition) is 6. The van der Waals surface area contributed by atoms with Crippen molar-refractivity contribution < 1.29 is 9.84 Å². The quantitative estimate of drug-likeness (QED) is 0.561. The maximum absolute atomic E-state index is 11.5. The zero-order valence-corrected chi connectivity index (χ0v) is 8.61. The highest BCUT2D eigenvalue weighted by Gasteiger charge is 2.34. The van der Waals surface area contributed by atoms with Crippen molar-refractivity contribution in [2.75, 3.05) is 12.3 Å². The number of nitrogens with two attached hydrogens (primary N) is 2. The molecule has 1 unspecified atom stereocenters. The summed E-state index contributed by atoms with van der Waals surface area (Å²) >= 11 is 0. The zero-order valence-electron chi connectivity index (χ0n) is 8.61. The Morgan fingerprint density at radius 3 is 3.00 bits per heavy atom. The molecule has 1 fully saturated rings. The standard InChI is InChI=1S/C9H14N4O3/c10-4-6-5(14)3-8(16-6)13-2-1-7(11)12-9(13)15/h1-2,5-6,8,14H,3-4,10H2,(H2,11,12,15)/t5?,6-,8-/m1/s1. The number of aliphatic hydroxyl groups excluding tert-OH is 1. The van der Waals surface area contributed by atoms with Gasteiger partial charge in [0.15, 0.2) is 0 Å². The summed E-state index contributed by atoms with van der Waals surface area (Å²) in [6, 6.07) is 1.51. The first kappa shape index (κ1) is 11.1. The minimum absolute atomic E-state index is 0.162. The molecule has 7 heteroatoms. The molecule has 0 aliphatic carbocycles. The van der Waals surface area contributed by atoms with E-state index in [1.165, 1.54) is 16.8 Å². The van der Waals surface area contributed by atoms with Crippen LogP contribution in [0.3, 0.4) is 0 Å². The van der Waals surface area contributed by atoms with E-state index in [2.05, 4.69) is 4.98 Å². The van der Waals surface area contributed by atoms with E-state index in [0.29, 0.717) is 6.42 Å². The van der Waals surface area contributed by atoms with Gasteiger partial charge in [-0.3, -0.25) is 4.57 Å². The monoisotopic (exact) mass is 226 g/mol. The normalized spacial score (nSPS) is 29.5. The van der Waals surface area contributed by atoms with Crippen LogP contribution in [0.2, 0.25) is 0 Å². The summed E-state index contributed by atoms with van der Waals surface area (Å²) in [5.74, 6) is 0.162. The largest absolute Gasteiger partial charge is 0.390 e. The summed E-state index contributed by atoms with van der Waals surface area (Å²) in [5, 5.41) is 9.60. The van der Waals surface area contributed by atoms with Crippen molar-refractivity contribution >= 4 is 5.82 Å². The Morgan fingerprint density at radius 2 is 2.44 bits per heavy atom. The molecule has 1 aliphatic rings. The van der Waals surface area contributed by atoms with Gasteiger partial charge in [-0.25, -0.2) is 4.79 Å². The molecule has 0 radical (unpaired) electrons. The summed E-state index contributed by atoms with van der Waals surface area (Å²) in [6.45, 7) is 0.217.